The highest BCUT2D eigenvalue weighted by molar-refractivity contribution is 7.98. The minimum atomic E-state index is -0.343. The molecule has 4 aromatic rings. The lowest BCUT2D eigenvalue weighted by Crippen LogP contribution is -2.11. The normalized spacial score (nSPS) is 11.4. The molecule has 0 fully saturated rings. The van der Waals surface area contributed by atoms with Crippen LogP contribution in [-0.4, -0.2) is 24.7 Å². The minimum Gasteiger partial charge on any atom is -0.309 e. The van der Waals surface area contributed by atoms with Gasteiger partial charge < -0.3 is 9.55 Å². The van der Waals surface area contributed by atoms with E-state index in [0.717, 1.165) is 15.3 Å². The Balaban J connectivity index is 1.61. The molecule has 1 N–H and O–H groups in total. The Morgan fingerprint density at radius 2 is 2.04 bits per heavy atom. The number of halogens is 1. The van der Waals surface area contributed by atoms with E-state index in [1.807, 2.05) is 13.8 Å². The number of rotatable bonds is 4. The Morgan fingerprint density at radius 1 is 1.26 bits per heavy atom. The van der Waals surface area contributed by atoms with Crippen molar-refractivity contribution in [1.29, 1.82) is 0 Å². The Bertz CT molecular complexity index is 1210. The van der Waals surface area contributed by atoms with Gasteiger partial charge >= 0.3 is 0 Å². The van der Waals surface area contributed by atoms with Crippen LogP contribution in [0.4, 0.5) is 4.39 Å². The van der Waals surface area contributed by atoms with Crippen LogP contribution in [0.3, 0.4) is 0 Å². The lowest BCUT2D eigenvalue weighted by molar-refractivity contribution is 0.628. The second kappa shape index (κ2) is 6.90. The third-order valence-corrected chi connectivity index (χ3v) is 6.51. The number of aryl methyl sites for hydroxylation is 2. The molecule has 1 aromatic carbocycles. The molecule has 0 saturated carbocycles. The molecule has 3 aromatic heterocycles. The standard InChI is InChI=1S/C18H16FN5OS2/c1-9-10(2)27-17-14(9)16(25)20-13(21-17)8-26-18-23-22-15(24(18)3)11-6-4-5-7-12(11)19/h4-7H,8H2,1-3H3,(H,20,21,25). The average Bonchev–Trinajstić information content (AvgIpc) is 3.14. The number of aromatic amines is 1. The third kappa shape index (κ3) is 3.17. The smallest absolute Gasteiger partial charge is 0.259 e. The zero-order valence-electron chi connectivity index (χ0n) is 14.9. The number of fused-ring (bicyclic) bond motifs is 1. The molecule has 0 spiro atoms. The van der Waals surface area contributed by atoms with E-state index in [0.29, 0.717) is 33.5 Å². The third-order valence-electron chi connectivity index (χ3n) is 4.38. The van der Waals surface area contributed by atoms with E-state index in [2.05, 4.69) is 20.2 Å². The summed E-state index contributed by atoms with van der Waals surface area (Å²) in [6.07, 6.45) is 0. The maximum absolute atomic E-state index is 14.0. The quantitative estimate of drug-likeness (QED) is 0.526. The van der Waals surface area contributed by atoms with Gasteiger partial charge in [-0.25, -0.2) is 9.37 Å². The molecular weight excluding hydrogens is 385 g/mol. The van der Waals surface area contributed by atoms with Gasteiger partial charge in [-0.05, 0) is 31.5 Å². The van der Waals surface area contributed by atoms with E-state index in [9.17, 15) is 9.18 Å². The molecule has 0 unspecified atom stereocenters. The van der Waals surface area contributed by atoms with Crippen LogP contribution in [0.1, 0.15) is 16.3 Å². The Kier molecular flexibility index (Phi) is 4.56. The van der Waals surface area contributed by atoms with E-state index in [-0.39, 0.29) is 11.4 Å². The molecule has 3 heterocycles. The molecule has 0 aliphatic heterocycles. The minimum absolute atomic E-state index is 0.123. The van der Waals surface area contributed by atoms with Crippen molar-refractivity contribution < 1.29 is 4.39 Å². The summed E-state index contributed by atoms with van der Waals surface area (Å²) in [5, 5.41) is 9.53. The maximum atomic E-state index is 14.0. The van der Waals surface area contributed by atoms with Gasteiger partial charge in [0.2, 0.25) is 0 Å². The topological polar surface area (TPSA) is 76.5 Å². The molecule has 27 heavy (non-hydrogen) atoms. The van der Waals surface area contributed by atoms with Crippen LogP contribution in [0.15, 0.2) is 34.2 Å². The van der Waals surface area contributed by atoms with Gasteiger partial charge in [0.15, 0.2) is 11.0 Å². The summed E-state index contributed by atoms with van der Waals surface area (Å²) in [6.45, 7) is 3.92. The van der Waals surface area contributed by atoms with Crippen molar-refractivity contribution in [2.45, 2.75) is 24.8 Å². The molecule has 0 saturated heterocycles. The Morgan fingerprint density at radius 3 is 2.81 bits per heavy atom. The first kappa shape index (κ1) is 17.9. The summed E-state index contributed by atoms with van der Waals surface area (Å²) in [5.41, 5.74) is 1.25. The molecule has 0 atom stereocenters. The van der Waals surface area contributed by atoms with Crippen molar-refractivity contribution in [3.05, 3.63) is 56.7 Å². The predicted molar refractivity (Wildman–Crippen MR) is 106 cm³/mol. The number of nitrogens with one attached hydrogen (secondary N) is 1. The number of hydrogen-bond donors (Lipinski definition) is 1. The summed E-state index contributed by atoms with van der Waals surface area (Å²) in [7, 11) is 1.79. The van der Waals surface area contributed by atoms with Crippen LogP contribution in [0.25, 0.3) is 21.6 Å². The van der Waals surface area contributed by atoms with Gasteiger partial charge in [0, 0.05) is 11.9 Å². The Labute approximate surface area is 162 Å². The first-order chi connectivity index (χ1) is 13.0. The number of hydrogen-bond acceptors (Lipinski definition) is 6. The number of thiophene rings is 1. The van der Waals surface area contributed by atoms with Gasteiger partial charge in [-0.2, -0.15) is 0 Å². The molecule has 6 nitrogen and oxygen atoms in total. The van der Waals surface area contributed by atoms with E-state index < -0.39 is 0 Å². The highest BCUT2D eigenvalue weighted by Gasteiger charge is 2.16. The Hall–Kier alpha value is -2.52. The van der Waals surface area contributed by atoms with E-state index >= 15 is 0 Å². The monoisotopic (exact) mass is 401 g/mol. The second-order valence-corrected chi connectivity index (χ2v) is 8.26. The number of thioether (sulfide) groups is 1. The van der Waals surface area contributed by atoms with Crippen molar-refractivity contribution in [2.24, 2.45) is 7.05 Å². The number of H-pyrrole nitrogens is 1. The number of nitrogens with zero attached hydrogens (tertiary/aromatic N) is 4. The van der Waals surface area contributed by atoms with Crippen molar-refractivity contribution in [1.82, 2.24) is 24.7 Å². The van der Waals surface area contributed by atoms with E-state index in [4.69, 9.17) is 0 Å². The zero-order chi connectivity index (χ0) is 19.1. The van der Waals surface area contributed by atoms with Crippen molar-refractivity contribution in [3.63, 3.8) is 0 Å². The molecule has 9 heteroatoms. The molecule has 0 aliphatic carbocycles. The van der Waals surface area contributed by atoms with E-state index in [1.165, 1.54) is 29.2 Å². The lowest BCUT2D eigenvalue weighted by Gasteiger charge is -2.05. The van der Waals surface area contributed by atoms with Gasteiger partial charge in [-0.3, -0.25) is 4.79 Å². The summed E-state index contributed by atoms with van der Waals surface area (Å²) < 4.78 is 15.7. The van der Waals surface area contributed by atoms with Crippen LogP contribution >= 0.6 is 23.1 Å². The fourth-order valence-corrected chi connectivity index (χ4v) is 4.65. The van der Waals surface area contributed by atoms with Crippen molar-refractivity contribution >= 4 is 33.3 Å². The lowest BCUT2D eigenvalue weighted by atomic mass is 10.2. The average molecular weight is 401 g/mol. The van der Waals surface area contributed by atoms with Crippen LogP contribution in [0.2, 0.25) is 0 Å². The van der Waals surface area contributed by atoms with Gasteiger partial charge in [0.25, 0.3) is 5.56 Å². The largest absolute Gasteiger partial charge is 0.309 e. The molecule has 4 rings (SSSR count). The van der Waals surface area contributed by atoms with Crippen LogP contribution < -0.4 is 5.56 Å². The summed E-state index contributed by atoms with van der Waals surface area (Å²) in [5.74, 6) is 1.13. The maximum Gasteiger partial charge on any atom is 0.259 e. The van der Waals surface area contributed by atoms with Crippen molar-refractivity contribution in [2.75, 3.05) is 0 Å². The summed E-state index contributed by atoms with van der Waals surface area (Å²) in [6, 6.07) is 6.46. The van der Waals surface area contributed by atoms with E-state index in [1.54, 1.807) is 29.8 Å². The molecule has 0 aliphatic rings. The van der Waals surface area contributed by atoms with Gasteiger partial charge in [-0.1, -0.05) is 23.9 Å². The molecule has 0 bridgehead atoms. The van der Waals surface area contributed by atoms with Gasteiger partial charge in [0.1, 0.15) is 16.5 Å². The predicted octanol–water partition coefficient (Wildman–Crippen LogP) is 3.83. The second-order valence-electron chi connectivity index (χ2n) is 6.11. The molecular formula is C18H16FN5OS2. The molecule has 138 valence electrons. The fraction of sp³-hybridized carbons (Fsp3) is 0.222. The van der Waals surface area contributed by atoms with Crippen LogP contribution in [-0.2, 0) is 12.8 Å². The summed E-state index contributed by atoms with van der Waals surface area (Å²) in [4.78, 5) is 21.6. The SMILES string of the molecule is Cc1sc2nc(CSc3nnc(-c4ccccc4F)n3C)[nH]c(=O)c2c1C. The first-order valence-electron chi connectivity index (χ1n) is 8.21. The number of aromatic nitrogens is 5. The highest BCUT2D eigenvalue weighted by atomic mass is 32.2. The van der Waals surface area contributed by atoms with Crippen LogP contribution in [0.5, 0.6) is 0 Å². The molecule has 0 radical (unpaired) electrons. The van der Waals surface area contributed by atoms with Crippen molar-refractivity contribution in [3.8, 4) is 11.4 Å². The number of benzene rings is 1. The summed E-state index contributed by atoms with van der Waals surface area (Å²) >= 11 is 2.91. The van der Waals surface area contributed by atoms with Gasteiger partial charge in [-0.15, -0.1) is 21.5 Å². The first-order valence-corrected chi connectivity index (χ1v) is 10.0. The van der Waals surface area contributed by atoms with Crippen LogP contribution in [0, 0.1) is 19.7 Å². The molecule has 0 amide bonds. The zero-order valence-corrected chi connectivity index (χ0v) is 16.5. The fourth-order valence-electron chi connectivity index (χ4n) is 2.82. The highest BCUT2D eigenvalue weighted by Crippen LogP contribution is 2.28. The van der Waals surface area contributed by atoms with Gasteiger partial charge in [0.05, 0.1) is 16.7 Å².